The first-order valence-electron chi connectivity index (χ1n) is 9.45. The Morgan fingerprint density at radius 2 is 1.30 bits per heavy atom. The molecule has 2 aromatic carbocycles. The van der Waals surface area contributed by atoms with Crippen LogP contribution in [-0.2, 0) is 0 Å². The van der Waals surface area contributed by atoms with Gasteiger partial charge in [-0.05, 0) is 43.2 Å². The van der Waals surface area contributed by atoms with E-state index in [-0.39, 0.29) is 44.2 Å². The van der Waals surface area contributed by atoms with Gasteiger partial charge >= 0.3 is 0 Å². The molecule has 2 aromatic rings. The lowest BCUT2D eigenvalue weighted by molar-refractivity contribution is 0.102. The fraction of sp³-hybridized carbons (Fsp3) is 0.0833. The minimum atomic E-state index is -0.266. The first-order valence-corrected chi connectivity index (χ1v) is 11.8. The number of allylic oxidation sites excluding steroid dienone is 8. The molecule has 0 heterocycles. The van der Waals surface area contributed by atoms with Crippen molar-refractivity contribution in [3.8, 4) is 11.5 Å². The summed E-state index contributed by atoms with van der Waals surface area (Å²) in [6.45, 7) is 0. The molecule has 2 N–H and O–H groups in total. The van der Waals surface area contributed by atoms with Gasteiger partial charge < -0.3 is 10.2 Å². The number of rotatable bonds is 4. The second-order valence-electron chi connectivity index (χ2n) is 7.01. The zero-order chi connectivity index (χ0) is 24.3. The van der Waals surface area contributed by atoms with Gasteiger partial charge in [-0.3, -0.25) is 9.59 Å². The van der Waals surface area contributed by atoms with Crippen molar-refractivity contribution in [2.45, 2.75) is 12.8 Å². The highest BCUT2D eigenvalue weighted by atomic mass is 79.9. The van der Waals surface area contributed by atoms with Gasteiger partial charge in [0, 0.05) is 25.7 Å². The highest BCUT2D eigenvalue weighted by molar-refractivity contribution is 9.11. The first-order chi connectivity index (χ1) is 15.6. The van der Waals surface area contributed by atoms with Crippen LogP contribution >= 0.6 is 62.3 Å². The number of aromatic hydroxyl groups is 2. The van der Waals surface area contributed by atoms with Gasteiger partial charge in [-0.1, -0.05) is 86.6 Å². The second-order valence-corrected chi connectivity index (χ2v) is 9.62. The fourth-order valence-corrected chi connectivity index (χ4v) is 4.51. The number of hydrogen-bond donors (Lipinski definition) is 2. The molecule has 4 rings (SSSR count). The van der Waals surface area contributed by atoms with Gasteiger partial charge in [0.25, 0.3) is 0 Å². The van der Waals surface area contributed by atoms with Crippen molar-refractivity contribution < 1.29 is 19.8 Å². The van der Waals surface area contributed by atoms with Crippen LogP contribution in [0.4, 0.5) is 0 Å². The van der Waals surface area contributed by atoms with E-state index in [1.165, 1.54) is 24.3 Å². The summed E-state index contributed by atoms with van der Waals surface area (Å²) >= 11 is 26.4. The Morgan fingerprint density at radius 3 is 1.73 bits per heavy atom. The number of phenols is 2. The maximum absolute atomic E-state index is 12.1. The van der Waals surface area contributed by atoms with Gasteiger partial charge in [0.05, 0.1) is 21.2 Å². The first kappa shape index (κ1) is 25.6. The molecule has 4 nitrogen and oxygen atoms in total. The van der Waals surface area contributed by atoms with E-state index >= 15 is 0 Å². The van der Waals surface area contributed by atoms with Crippen LogP contribution in [0, 0.1) is 0 Å². The smallest absolute Gasteiger partial charge is 0.193 e. The molecule has 9 heteroatoms. The van der Waals surface area contributed by atoms with Crippen molar-refractivity contribution in [2.24, 2.45) is 0 Å². The van der Waals surface area contributed by atoms with Crippen LogP contribution < -0.4 is 0 Å². The van der Waals surface area contributed by atoms with Crippen molar-refractivity contribution in [1.82, 2.24) is 0 Å². The van der Waals surface area contributed by atoms with E-state index in [0.717, 1.165) is 4.48 Å². The number of hydrogen-bond acceptors (Lipinski definition) is 4. The van der Waals surface area contributed by atoms with Crippen LogP contribution in [0.15, 0.2) is 70.3 Å². The van der Waals surface area contributed by atoms with Gasteiger partial charge in [0.1, 0.15) is 11.5 Å². The third-order valence-electron chi connectivity index (χ3n) is 4.73. The summed E-state index contributed by atoms with van der Waals surface area (Å²) in [5.74, 6) is -0.960. The van der Waals surface area contributed by atoms with Gasteiger partial charge in [-0.2, -0.15) is 0 Å². The van der Waals surface area contributed by atoms with Crippen LogP contribution in [-0.4, -0.2) is 21.8 Å². The molecule has 2 aliphatic carbocycles. The van der Waals surface area contributed by atoms with Crippen molar-refractivity contribution in [2.75, 3.05) is 0 Å². The third kappa shape index (κ3) is 6.11. The third-order valence-corrected chi connectivity index (χ3v) is 6.29. The molecule has 0 atom stereocenters. The van der Waals surface area contributed by atoms with Crippen molar-refractivity contribution >= 4 is 73.9 Å². The summed E-state index contributed by atoms with van der Waals surface area (Å²) in [7, 11) is 0. The molecule has 0 radical (unpaired) electrons. The van der Waals surface area contributed by atoms with Gasteiger partial charge in [0.15, 0.2) is 11.6 Å². The lowest BCUT2D eigenvalue weighted by Crippen LogP contribution is -2.02. The Morgan fingerprint density at radius 1 is 0.788 bits per heavy atom. The molecule has 0 saturated heterocycles. The van der Waals surface area contributed by atoms with Crippen molar-refractivity contribution in [1.29, 1.82) is 0 Å². The highest BCUT2D eigenvalue weighted by Gasteiger charge is 2.21. The van der Waals surface area contributed by atoms with E-state index < -0.39 is 0 Å². The van der Waals surface area contributed by atoms with Crippen LogP contribution in [0.3, 0.4) is 0 Å². The van der Waals surface area contributed by atoms with E-state index in [4.69, 9.17) is 46.4 Å². The zero-order valence-corrected chi connectivity index (χ0v) is 21.3. The zero-order valence-electron chi connectivity index (χ0n) is 16.7. The van der Waals surface area contributed by atoms with Crippen LogP contribution in [0.5, 0.6) is 11.5 Å². The SMILES string of the molecule is O=C(C1=CC(Br)=CC1)c1cc(Cl)cc(Cl)c1O.O=C(C1=CC=CC1)c1cc(Cl)cc(Cl)c1O. The molecule has 0 bridgehead atoms. The number of benzene rings is 2. The highest BCUT2D eigenvalue weighted by Crippen LogP contribution is 2.35. The molecule has 2 aliphatic rings. The van der Waals surface area contributed by atoms with Crippen molar-refractivity contribution in [3.63, 3.8) is 0 Å². The maximum atomic E-state index is 12.1. The Kier molecular flexibility index (Phi) is 8.48. The number of ketones is 2. The van der Waals surface area contributed by atoms with E-state index in [0.29, 0.717) is 34.0 Å². The number of carbonyl (C=O) groups is 2. The quantitative estimate of drug-likeness (QED) is 0.353. The fourth-order valence-electron chi connectivity index (χ4n) is 3.09. The molecular weight excluding hydrogens is 574 g/mol. The van der Waals surface area contributed by atoms with Gasteiger partial charge in [0.2, 0.25) is 0 Å². The standard InChI is InChI=1S/C12H7BrCl2O2.C12H8Cl2O2/c13-7-2-1-6(3-7)11(16)9-4-8(14)5-10(15)12(9)17;13-8-5-9(12(16)10(14)6-8)11(15)7-3-1-2-4-7/h2-5,17H,1H2;1-3,5-6,16H,4H2. The average Bonchev–Trinajstić information content (AvgIpc) is 3.45. The topological polar surface area (TPSA) is 74.6 Å². The second kappa shape index (κ2) is 10.9. The molecule has 0 fully saturated rings. The van der Waals surface area contributed by atoms with E-state index in [9.17, 15) is 19.8 Å². The number of carbonyl (C=O) groups excluding carboxylic acids is 2. The van der Waals surface area contributed by atoms with Crippen LogP contribution in [0.25, 0.3) is 0 Å². The largest absolute Gasteiger partial charge is 0.506 e. The van der Waals surface area contributed by atoms with Gasteiger partial charge in [-0.15, -0.1) is 0 Å². The Bertz CT molecular complexity index is 1280. The minimum absolute atomic E-state index is 0.0754. The van der Waals surface area contributed by atoms with E-state index in [1.807, 2.05) is 12.2 Å². The summed E-state index contributed by atoms with van der Waals surface area (Å²) in [5.41, 5.74) is 1.48. The van der Waals surface area contributed by atoms with Crippen molar-refractivity contribution in [3.05, 3.63) is 101 Å². The summed E-state index contributed by atoms with van der Waals surface area (Å²) in [4.78, 5) is 24.1. The molecule has 0 spiro atoms. The summed E-state index contributed by atoms with van der Waals surface area (Å²) in [6.07, 6.45) is 10.1. The Labute approximate surface area is 218 Å². The molecule has 0 unspecified atom stereocenters. The van der Waals surface area contributed by atoms with Gasteiger partial charge in [-0.25, -0.2) is 0 Å². The normalized spacial score (nSPS) is 14.3. The molecule has 0 aromatic heterocycles. The predicted octanol–water partition coefficient (Wildman–Crippen LogP) is 8.26. The summed E-state index contributed by atoms with van der Waals surface area (Å²) < 4.78 is 0.855. The minimum Gasteiger partial charge on any atom is -0.506 e. The summed E-state index contributed by atoms with van der Waals surface area (Å²) in [6, 6.07) is 5.63. The van der Waals surface area contributed by atoms with E-state index in [1.54, 1.807) is 18.2 Å². The number of halogens is 5. The number of Topliss-reactive ketones (excluding diaryl/α,β-unsaturated/α-hetero) is 2. The molecule has 0 amide bonds. The molecule has 170 valence electrons. The van der Waals surface area contributed by atoms with E-state index in [2.05, 4.69) is 15.9 Å². The summed E-state index contributed by atoms with van der Waals surface area (Å²) in [5, 5.41) is 20.3. The maximum Gasteiger partial charge on any atom is 0.193 e. The molecule has 0 aliphatic heterocycles. The Balaban J connectivity index is 0.000000186. The predicted molar refractivity (Wildman–Crippen MR) is 136 cm³/mol. The van der Waals surface area contributed by atoms with Crippen LogP contribution in [0.2, 0.25) is 20.1 Å². The molecule has 33 heavy (non-hydrogen) atoms. The Hall–Kier alpha value is -2.02. The van der Waals surface area contributed by atoms with Crippen LogP contribution in [0.1, 0.15) is 33.6 Å². The monoisotopic (exact) mass is 586 g/mol. The number of phenolic OH excluding ortho intramolecular Hbond substituents is 2. The molecule has 0 saturated carbocycles. The lowest BCUT2D eigenvalue weighted by atomic mass is 10.0. The average molecular weight is 589 g/mol. The molecular formula is C24H15BrCl4O4. The lowest BCUT2D eigenvalue weighted by Gasteiger charge is -2.06.